The Morgan fingerprint density at radius 2 is 2.33 bits per heavy atom. The predicted octanol–water partition coefficient (Wildman–Crippen LogP) is 1.09. The van der Waals surface area contributed by atoms with Crippen LogP contribution in [0.2, 0.25) is 0 Å². The lowest BCUT2D eigenvalue weighted by molar-refractivity contribution is 0.442. The second-order valence-electron chi connectivity index (χ2n) is 4.36. The van der Waals surface area contributed by atoms with Crippen LogP contribution in [0.15, 0.2) is 6.20 Å². The molecule has 4 heteroatoms. The van der Waals surface area contributed by atoms with E-state index >= 15 is 0 Å². The molecule has 1 saturated carbocycles. The molecule has 0 amide bonds. The maximum atomic E-state index is 4.55. The minimum atomic E-state index is 0.611. The molecule has 3 rings (SSSR count). The standard InChI is InChI=1S/C11H16N4/c1-2-9(3-1)14-11-13-6-8-4-5-12-7-10(8)15-11/h6,9,12H,1-5,7H2,(H,13,14,15). The molecule has 0 unspecified atom stereocenters. The first kappa shape index (κ1) is 9.09. The lowest BCUT2D eigenvalue weighted by Gasteiger charge is -2.27. The Labute approximate surface area is 89.5 Å². The van der Waals surface area contributed by atoms with Crippen molar-refractivity contribution in [1.82, 2.24) is 15.3 Å². The first-order chi connectivity index (χ1) is 7.42. The van der Waals surface area contributed by atoms with Crippen LogP contribution in [0.25, 0.3) is 0 Å². The smallest absolute Gasteiger partial charge is 0.223 e. The lowest BCUT2D eigenvalue weighted by Crippen LogP contribution is -2.29. The highest BCUT2D eigenvalue weighted by atomic mass is 15.1. The van der Waals surface area contributed by atoms with E-state index in [9.17, 15) is 0 Å². The van der Waals surface area contributed by atoms with Gasteiger partial charge in [0.1, 0.15) is 0 Å². The SMILES string of the molecule is c1nc(NC2CCC2)nc2c1CCNC2. The number of nitrogens with one attached hydrogen (secondary N) is 2. The quantitative estimate of drug-likeness (QED) is 0.757. The Morgan fingerprint density at radius 1 is 1.40 bits per heavy atom. The zero-order chi connectivity index (χ0) is 10.1. The largest absolute Gasteiger partial charge is 0.351 e. The van der Waals surface area contributed by atoms with Crippen LogP contribution >= 0.6 is 0 Å². The minimum absolute atomic E-state index is 0.611. The average Bonchev–Trinajstić information content (AvgIpc) is 2.23. The zero-order valence-electron chi connectivity index (χ0n) is 8.79. The predicted molar refractivity (Wildman–Crippen MR) is 58.7 cm³/mol. The number of aromatic nitrogens is 2. The summed E-state index contributed by atoms with van der Waals surface area (Å²) in [6.45, 7) is 1.93. The van der Waals surface area contributed by atoms with Crippen molar-refractivity contribution in [2.24, 2.45) is 0 Å². The monoisotopic (exact) mass is 204 g/mol. The molecule has 1 aliphatic carbocycles. The Bertz CT molecular complexity index is 360. The Morgan fingerprint density at radius 3 is 3.13 bits per heavy atom. The molecule has 2 N–H and O–H groups in total. The molecule has 1 aliphatic heterocycles. The summed E-state index contributed by atoms with van der Waals surface area (Å²) in [5, 5.41) is 6.71. The van der Waals surface area contributed by atoms with E-state index in [1.165, 1.54) is 24.8 Å². The van der Waals surface area contributed by atoms with Crippen molar-refractivity contribution in [1.29, 1.82) is 0 Å². The second-order valence-corrected chi connectivity index (χ2v) is 4.36. The van der Waals surface area contributed by atoms with Crippen molar-refractivity contribution >= 4 is 5.95 Å². The highest BCUT2D eigenvalue weighted by Gasteiger charge is 2.19. The van der Waals surface area contributed by atoms with Gasteiger partial charge in [-0.25, -0.2) is 9.97 Å². The van der Waals surface area contributed by atoms with Gasteiger partial charge in [-0.05, 0) is 37.8 Å². The van der Waals surface area contributed by atoms with Crippen molar-refractivity contribution < 1.29 is 0 Å². The summed E-state index contributed by atoms with van der Waals surface area (Å²) >= 11 is 0. The number of fused-ring (bicyclic) bond motifs is 1. The Kier molecular flexibility index (Phi) is 2.29. The molecule has 1 aromatic rings. The maximum absolute atomic E-state index is 4.55. The van der Waals surface area contributed by atoms with Crippen LogP contribution in [0.3, 0.4) is 0 Å². The van der Waals surface area contributed by atoms with Crippen LogP contribution in [0, 0.1) is 0 Å². The van der Waals surface area contributed by atoms with Crippen molar-refractivity contribution in [2.45, 2.75) is 38.3 Å². The Balaban J connectivity index is 1.77. The van der Waals surface area contributed by atoms with Gasteiger partial charge in [0.2, 0.25) is 5.95 Å². The van der Waals surface area contributed by atoms with Gasteiger partial charge in [0, 0.05) is 18.8 Å². The van der Waals surface area contributed by atoms with Gasteiger partial charge in [-0.3, -0.25) is 0 Å². The molecule has 0 radical (unpaired) electrons. The number of nitrogens with zero attached hydrogens (tertiary/aromatic N) is 2. The summed E-state index contributed by atoms with van der Waals surface area (Å²) in [5.41, 5.74) is 2.46. The van der Waals surface area contributed by atoms with E-state index < -0.39 is 0 Å². The van der Waals surface area contributed by atoms with Gasteiger partial charge in [-0.15, -0.1) is 0 Å². The number of anilines is 1. The minimum Gasteiger partial charge on any atom is -0.351 e. The van der Waals surface area contributed by atoms with E-state index in [4.69, 9.17) is 0 Å². The van der Waals surface area contributed by atoms with Crippen molar-refractivity contribution in [3.63, 3.8) is 0 Å². The van der Waals surface area contributed by atoms with Crippen molar-refractivity contribution in [3.8, 4) is 0 Å². The molecule has 0 aromatic carbocycles. The molecular formula is C11H16N4. The highest BCUT2D eigenvalue weighted by molar-refractivity contribution is 5.32. The molecule has 2 heterocycles. The third-order valence-corrected chi connectivity index (χ3v) is 3.26. The summed E-state index contributed by atoms with van der Waals surface area (Å²) < 4.78 is 0. The fourth-order valence-electron chi connectivity index (χ4n) is 2.04. The fourth-order valence-corrected chi connectivity index (χ4v) is 2.04. The molecule has 0 spiro atoms. The van der Waals surface area contributed by atoms with Crippen LogP contribution < -0.4 is 10.6 Å². The number of hydrogen-bond acceptors (Lipinski definition) is 4. The van der Waals surface area contributed by atoms with Crippen molar-refractivity contribution in [2.75, 3.05) is 11.9 Å². The number of hydrogen-bond donors (Lipinski definition) is 2. The van der Waals surface area contributed by atoms with Gasteiger partial charge in [-0.2, -0.15) is 0 Å². The van der Waals surface area contributed by atoms with Crippen LogP contribution in [0.5, 0.6) is 0 Å². The topological polar surface area (TPSA) is 49.8 Å². The maximum Gasteiger partial charge on any atom is 0.223 e. The van der Waals surface area contributed by atoms with E-state index in [2.05, 4.69) is 20.6 Å². The summed E-state index contributed by atoms with van der Waals surface area (Å²) in [6.07, 6.45) is 6.89. The van der Waals surface area contributed by atoms with E-state index in [1.807, 2.05) is 6.20 Å². The van der Waals surface area contributed by atoms with E-state index in [-0.39, 0.29) is 0 Å². The molecule has 0 bridgehead atoms. The first-order valence-electron chi connectivity index (χ1n) is 5.74. The highest BCUT2D eigenvalue weighted by Crippen LogP contribution is 2.22. The molecule has 1 fully saturated rings. The normalized spacial score (nSPS) is 20.5. The molecular weight excluding hydrogens is 188 g/mol. The van der Waals surface area contributed by atoms with Crippen molar-refractivity contribution in [3.05, 3.63) is 17.5 Å². The lowest BCUT2D eigenvalue weighted by atomic mass is 9.93. The van der Waals surface area contributed by atoms with E-state index in [1.54, 1.807) is 0 Å². The molecule has 0 atom stereocenters. The van der Waals surface area contributed by atoms with Gasteiger partial charge in [0.15, 0.2) is 0 Å². The molecule has 0 saturated heterocycles. The summed E-state index contributed by atoms with van der Waals surface area (Å²) in [7, 11) is 0. The molecule has 80 valence electrons. The van der Waals surface area contributed by atoms with Gasteiger partial charge in [0.05, 0.1) is 5.69 Å². The van der Waals surface area contributed by atoms with Gasteiger partial charge in [-0.1, -0.05) is 0 Å². The third-order valence-electron chi connectivity index (χ3n) is 3.26. The van der Waals surface area contributed by atoms with Crippen LogP contribution in [0.1, 0.15) is 30.5 Å². The van der Waals surface area contributed by atoms with Gasteiger partial charge in [0.25, 0.3) is 0 Å². The Hall–Kier alpha value is -1.16. The van der Waals surface area contributed by atoms with E-state index in [0.717, 1.165) is 31.2 Å². The fraction of sp³-hybridized carbons (Fsp3) is 0.636. The van der Waals surface area contributed by atoms with Crippen LogP contribution in [-0.2, 0) is 13.0 Å². The van der Waals surface area contributed by atoms with Gasteiger partial charge < -0.3 is 10.6 Å². The summed E-state index contributed by atoms with van der Waals surface area (Å²) in [6, 6.07) is 0.611. The van der Waals surface area contributed by atoms with Crippen LogP contribution in [-0.4, -0.2) is 22.6 Å². The molecule has 4 nitrogen and oxygen atoms in total. The summed E-state index contributed by atoms with van der Waals surface area (Å²) in [4.78, 5) is 8.91. The first-order valence-corrected chi connectivity index (χ1v) is 5.74. The van der Waals surface area contributed by atoms with Gasteiger partial charge >= 0.3 is 0 Å². The van der Waals surface area contributed by atoms with E-state index in [0.29, 0.717) is 6.04 Å². The van der Waals surface area contributed by atoms with Crippen LogP contribution in [0.4, 0.5) is 5.95 Å². The molecule has 15 heavy (non-hydrogen) atoms. The zero-order valence-corrected chi connectivity index (χ0v) is 8.79. The summed E-state index contributed by atoms with van der Waals surface area (Å²) in [5.74, 6) is 0.808. The molecule has 2 aliphatic rings. The second kappa shape index (κ2) is 3.77. The molecule has 1 aromatic heterocycles. The average molecular weight is 204 g/mol. The number of rotatable bonds is 2. The third kappa shape index (κ3) is 1.81.